The molecule has 152 valence electrons. The monoisotopic (exact) mass is 402 g/mol. The highest BCUT2D eigenvalue weighted by Crippen LogP contribution is 2.27. The summed E-state index contributed by atoms with van der Waals surface area (Å²) in [6.45, 7) is 4.40. The zero-order chi connectivity index (χ0) is 21.3. The first kappa shape index (κ1) is 19.8. The number of carbonyl (C=O) groups is 3. The largest absolute Gasteiger partial charge is 0.369 e. The van der Waals surface area contributed by atoms with E-state index < -0.39 is 6.04 Å². The molecule has 0 spiro atoms. The van der Waals surface area contributed by atoms with Crippen LogP contribution in [-0.4, -0.2) is 54.7 Å². The van der Waals surface area contributed by atoms with Gasteiger partial charge in [-0.2, -0.15) is 5.26 Å². The van der Waals surface area contributed by atoms with Crippen molar-refractivity contribution in [2.45, 2.75) is 19.4 Å². The number of nitriles is 1. The maximum atomic E-state index is 13.0. The van der Waals surface area contributed by atoms with Crippen molar-refractivity contribution in [3.05, 3.63) is 59.7 Å². The van der Waals surface area contributed by atoms with Crippen molar-refractivity contribution < 1.29 is 14.4 Å². The van der Waals surface area contributed by atoms with Crippen molar-refractivity contribution in [3.8, 4) is 6.07 Å². The molecule has 0 radical (unpaired) electrons. The molecule has 0 unspecified atom stereocenters. The first-order valence-electron chi connectivity index (χ1n) is 9.95. The minimum absolute atomic E-state index is 0.0441. The highest BCUT2D eigenvalue weighted by molar-refractivity contribution is 6.22. The van der Waals surface area contributed by atoms with Gasteiger partial charge in [0.05, 0.1) is 29.8 Å². The van der Waals surface area contributed by atoms with Crippen LogP contribution in [0.1, 0.15) is 29.3 Å². The molecule has 2 aliphatic rings. The molecule has 0 bridgehead atoms. The fourth-order valence-corrected chi connectivity index (χ4v) is 4.06. The smallest absolute Gasteiger partial charge is 0.251 e. The molecule has 0 aliphatic carbocycles. The van der Waals surface area contributed by atoms with Gasteiger partial charge in [-0.3, -0.25) is 19.3 Å². The van der Waals surface area contributed by atoms with E-state index in [4.69, 9.17) is 5.26 Å². The first-order valence-corrected chi connectivity index (χ1v) is 9.95. The third kappa shape index (κ3) is 3.70. The molecule has 2 aliphatic heterocycles. The normalized spacial score (nSPS) is 19.8. The summed E-state index contributed by atoms with van der Waals surface area (Å²) in [5, 5.41) is 8.93. The first-order chi connectivity index (χ1) is 14.5. The summed E-state index contributed by atoms with van der Waals surface area (Å²) in [5.74, 6) is -0.372. The Kier molecular flexibility index (Phi) is 5.34. The quantitative estimate of drug-likeness (QED) is 0.576. The third-order valence-electron chi connectivity index (χ3n) is 5.77. The van der Waals surface area contributed by atoms with Crippen molar-refractivity contribution in [2.75, 3.05) is 36.0 Å². The van der Waals surface area contributed by atoms with E-state index in [0.29, 0.717) is 29.9 Å². The molecule has 2 amide bonds. The van der Waals surface area contributed by atoms with E-state index in [0.717, 1.165) is 18.8 Å². The summed E-state index contributed by atoms with van der Waals surface area (Å²) in [6, 6.07) is 15.6. The Labute approximate surface area is 175 Å². The van der Waals surface area contributed by atoms with Crippen LogP contribution < -0.4 is 9.80 Å². The van der Waals surface area contributed by atoms with Gasteiger partial charge in [0, 0.05) is 37.4 Å². The number of rotatable bonds is 4. The number of hydrogen-bond acceptors (Lipinski definition) is 6. The van der Waals surface area contributed by atoms with E-state index in [1.807, 2.05) is 30.3 Å². The number of nitrogens with zero attached hydrogens (tertiary/aromatic N) is 4. The Morgan fingerprint density at radius 2 is 1.53 bits per heavy atom. The summed E-state index contributed by atoms with van der Waals surface area (Å²) in [5.41, 5.74) is 2.74. The average Bonchev–Trinajstić information content (AvgIpc) is 3.08. The molecule has 2 heterocycles. The summed E-state index contributed by atoms with van der Waals surface area (Å²) < 4.78 is 0. The number of amides is 2. The van der Waals surface area contributed by atoms with Gasteiger partial charge in [-0.25, -0.2) is 4.90 Å². The minimum Gasteiger partial charge on any atom is -0.369 e. The van der Waals surface area contributed by atoms with Gasteiger partial charge >= 0.3 is 0 Å². The molecule has 0 saturated carbocycles. The molecule has 7 nitrogen and oxygen atoms in total. The van der Waals surface area contributed by atoms with Gasteiger partial charge in [0.25, 0.3) is 5.91 Å². The average molecular weight is 402 g/mol. The lowest BCUT2D eigenvalue weighted by molar-refractivity contribution is -0.123. The summed E-state index contributed by atoms with van der Waals surface area (Å²) in [6.07, 6.45) is 0.173. The van der Waals surface area contributed by atoms with E-state index in [1.165, 1.54) is 4.90 Å². The summed E-state index contributed by atoms with van der Waals surface area (Å²) in [4.78, 5) is 42.5. The number of anilines is 2. The van der Waals surface area contributed by atoms with Crippen LogP contribution in [0.25, 0.3) is 0 Å². The second-order valence-electron chi connectivity index (χ2n) is 7.57. The van der Waals surface area contributed by atoms with Gasteiger partial charge in [0.15, 0.2) is 5.78 Å². The van der Waals surface area contributed by atoms with E-state index in [2.05, 4.69) is 9.80 Å². The lowest BCUT2D eigenvalue weighted by Crippen LogP contribution is -2.52. The van der Waals surface area contributed by atoms with Gasteiger partial charge in [0.2, 0.25) is 5.91 Å². The standard InChI is InChI=1S/C23H22N4O3/c1-16(28)18-4-8-19(9-5-18)25-10-12-26(13-11-25)21-14-22(29)27(23(21)30)20-6-2-17(15-24)3-7-20/h2-9,21H,10-14H2,1H3/t21-/m0/s1. The number of Topliss-reactive ketones (excluding diaryl/α,β-unsaturated/α-hetero) is 1. The molecule has 4 rings (SSSR count). The molecule has 0 N–H and O–H groups in total. The molecular formula is C23H22N4O3. The Balaban J connectivity index is 1.41. The molecule has 2 fully saturated rings. The highest BCUT2D eigenvalue weighted by atomic mass is 16.2. The van der Waals surface area contributed by atoms with Crippen LogP contribution >= 0.6 is 0 Å². The van der Waals surface area contributed by atoms with Crippen LogP contribution in [0.2, 0.25) is 0 Å². The fraction of sp³-hybridized carbons (Fsp3) is 0.304. The predicted octanol–water partition coefficient (Wildman–Crippen LogP) is 2.21. The highest BCUT2D eigenvalue weighted by Gasteiger charge is 2.43. The maximum absolute atomic E-state index is 13.0. The molecule has 2 aromatic rings. The summed E-state index contributed by atoms with van der Waals surface area (Å²) >= 11 is 0. The molecule has 2 saturated heterocycles. The fourth-order valence-electron chi connectivity index (χ4n) is 4.06. The van der Waals surface area contributed by atoms with Crippen molar-refractivity contribution in [3.63, 3.8) is 0 Å². The topological polar surface area (TPSA) is 84.7 Å². The molecule has 7 heteroatoms. The number of piperazine rings is 1. The number of imide groups is 1. The van der Waals surface area contributed by atoms with Crippen molar-refractivity contribution in [1.82, 2.24) is 4.90 Å². The number of carbonyl (C=O) groups excluding carboxylic acids is 3. The van der Waals surface area contributed by atoms with E-state index in [9.17, 15) is 14.4 Å². The number of benzene rings is 2. The SMILES string of the molecule is CC(=O)c1ccc(N2CCN([C@H]3CC(=O)N(c4ccc(C#N)cc4)C3=O)CC2)cc1. The van der Waals surface area contributed by atoms with Gasteiger partial charge in [-0.15, -0.1) is 0 Å². The second kappa shape index (κ2) is 8.09. The molecule has 30 heavy (non-hydrogen) atoms. The Morgan fingerprint density at radius 1 is 0.933 bits per heavy atom. The van der Waals surface area contributed by atoms with Crippen LogP contribution in [0, 0.1) is 11.3 Å². The van der Waals surface area contributed by atoms with Crippen LogP contribution in [0.4, 0.5) is 11.4 Å². The third-order valence-corrected chi connectivity index (χ3v) is 5.77. The zero-order valence-corrected chi connectivity index (χ0v) is 16.7. The van der Waals surface area contributed by atoms with Crippen molar-refractivity contribution >= 4 is 29.0 Å². The molecular weight excluding hydrogens is 380 g/mol. The zero-order valence-electron chi connectivity index (χ0n) is 16.7. The van der Waals surface area contributed by atoms with Gasteiger partial charge < -0.3 is 4.90 Å². The van der Waals surface area contributed by atoms with Gasteiger partial charge in [-0.05, 0) is 55.5 Å². The van der Waals surface area contributed by atoms with Crippen LogP contribution in [0.5, 0.6) is 0 Å². The van der Waals surface area contributed by atoms with Crippen LogP contribution in [0.15, 0.2) is 48.5 Å². The molecule has 2 aromatic carbocycles. The van der Waals surface area contributed by atoms with Crippen LogP contribution in [0.3, 0.4) is 0 Å². The molecule has 1 atom stereocenters. The Hall–Kier alpha value is -3.50. The lowest BCUT2D eigenvalue weighted by atomic mass is 10.1. The number of ketones is 1. The van der Waals surface area contributed by atoms with Gasteiger partial charge in [0.1, 0.15) is 0 Å². The van der Waals surface area contributed by atoms with Crippen LogP contribution in [-0.2, 0) is 9.59 Å². The lowest BCUT2D eigenvalue weighted by Gasteiger charge is -2.38. The Morgan fingerprint density at radius 3 is 2.10 bits per heavy atom. The maximum Gasteiger partial charge on any atom is 0.251 e. The van der Waals surface area contributed by atoms with Crippen molar-refractivity contribution in [2.24, 2.45) is 0 Å². The van der Waals surface area contributed by atoms with E-state index in [1.54, 1.807) is 31.2 Å². The molecule has 0 aromatic heterocycles. The minimum atomic E-state index is -0.449. The van der Waals surface area contributed by atoms with E-state index in [-0.39, 0.29) is 24.0 Å². The number of hydrogen-bond donors (Lipinski definition) is 0. The Bertz CT molecular complexity index is 1020. The van der Waals surface area contributed by atoms with Crippen molar-refractivity contribution in [1.29, 1.82) is 5.26 Å². The predicted molar refractivity (Wildman–Crippen MR) is 112 cm³/mol. The summed E-state index contributed by atoms with van der Waals surface area (Å²) in [7, 11) is 0. The van der Waals surface area contributed by atoms with E-state index >= 15 is 0 Å². The second-order valence-corrected chi connectivity index (χ2v) is 7.57. The van der Waals surface area contributed by atoms with Gasteiger partial charge in [-0.1, -0.05) is 0 Å².